The molecular weight excluding hydrogens is 348 g/mol. The Kier molecular flexibility index (Phi) is 6.11. The summed E-state index contributed by atoms with van der Waals surface area (Å²) in [6, 6.07) is 3.69. The summed E-state index contributed by atoms with van der Waals surface area (Å²) in [4.78, 5) is 21.5. The molecular formula is C19H28N4O2S. The fourth-order valence-electron chi connectivity index (χ4n) is 2.88. The molecule has 142 valence electrons. The van der Waals surface area contributed by atoms with Crippen molar-refractivity contribution in [3.05, 3.63) is 40.2 Å². The Balaban J connectivity index is 1.38. The molecule has 6 nitrogen and oxygen atoms in total. The van der Waals surface area contributed by atoms with E-state index in [1.54, 1.807) is 17.6 Å². The minimum Gasteiger partial charge on any atom is -0.467 e. The van der Waals surface area contributed by atoms with Gasteiger partial charge in [-0.15, -0.1) is 11.3 Å². The van der Waals surface area contributed by atoms with Crippen molar-refractivity contribution < 1.29 is 9.21 Å². The second-order valence-corrected chi connectivity index (χ2v) is 8.73. The van der Waals surface area contributed by atoms with Gasteiger partial charge in [-0.05, 0) is 12.1 Å². The van der Waals surface area contributed by atoms with Crippen LogP contribution in [-0.2, 0) is 23.3 Å². The Morgan fingerprint density at radius 1 is 1.27 bits per heavy atom. The lowest BCUT2D eigenvalue weighted by Crippen LogP contribution is -2.49. The Morgan fingerprint density at radius 3 is 2.62 bits per heavy atom. The van der Waals surface area contributed by atoms with Crippen molar-refractivity contribution in [3.8, 4) is 0 Å². The number of amides is 1. The molecule has 3 rings (SSSR count). The van der Waals surface area contributed by atoms with Crippen molar-refractivity contribution in [2.75, 3.05) is 32.7 Å². The predicted octanol–water partition coefficient (Wildman–Crippen LogP) is 2.47. The third-order valence-electron chi connectivity index (χ3n) is 4.55. The zero-order valence-corrected chi connectivity index (χ0v) is 16.6. The van der Waals surface area contributed by atoms with Crippen LogP contribution in [0.5, 0.6) is 0 Å². The second-order valence-electron chi connectivity index (χ2n) is 7.78. The van der Waals surface area contributed by atoms with Crippen LogP contribution in [0.25, 0.3) is 0 Å². The first-order valence-electron chi connectivity index (χ1n) is 9.09. The molecule has 0 spiro atoms. The molecule has 7 heteroatoms. The summed E-state index contributed by atoms with van der Waals surface area (Å²) in [5, 5.41) is 6.26. The lowest BCUT2D eigenvalue weighted by atomic mass is 9.93. The number of hydrogen-bond acceptors (Lipinski definition) is 6. The average Bonchev–Trinajstić information content (AvgIpc) is 3.26. The number of carbonyl (C=O) groups is 1. The molecule has 2 aromatic rings. The highest BCUT2D eigenvalue weighted by Crippen LogP contribution is 2.24. The fraction of sp³-hybridized carbons (Fsp3) is 0.579. The number of carbonyl (C=O) groups excluding carboxylic acids is 1. The van der Waals surface area contributed by atoms with Crippen LogP contribution in [0.4, 0.5) is 0 Å². The Hall–Kier alpha value is -1.70. The minimum atomic E-state index is 0.0459. The number of thiazole rings is 1. The van der Waals surface area contributed by atoms with Gasteiger partial charge in [0, 0.05) is 37.0 Å². The van der Waals surface area contributed by atoms with E-state index in [-0.39, 0.29) is 11.3 Å². The van der Waals surface area contributed by atoms with Gasteiger partial charge in [-0.25, -0.2) is 4.98 Å². The predicted molar refractivity (Wildman–Crippen MR) is 103 cm³/mol. The van der Waals surface area contributed by atoms with Crippen LogP contribution in [0.1, 0.15) is 37.2 Å². The van der Waals surface area contributed by atoms with Gasteiger partial charge in [0.15, 0.2) is 0 Å². The third kappa shape index (κ3) is 5.40. The van der Waals surface area contributed by atoms with E-state index >= 15 is 0 Å². The molecule has 0 saturated carbocycles. The van der Waals surface area contributed by atoms with Crippen LogP contribution in [0.2, 0.25) is 0 Å². The van der Waals surface area contributed by atoms with E-state index < -0.39 is 0 Å². The van der Waals surface area contributed by atoms with Gasteiger partial charge in [0.25, 0.3) is 0 Å². The van der Waals surface area contributed by atoms with E-state index in [4.69, 9.17) is 9.40 Å². The molecule has 1 fully saturated rings. The van der Waals surface area contributed by atoms with Crippen LogP contribution < -0.4 is 5.32 Å². The molecule has 0 atom stereocenters. The van der Waals surface area contributed by atoms with Crippen molar-refractivity contribution in [2.24, 2.45) is 0 Å². The van der Waals surface area contributed by atoms with Crippen LogP contribution in [0.15, 0.2) is 28.2 Å². The SMILES string of the molecule is CC(C)(C)c1csc(CN2CCN(CC(=O)NCc3ccco3)CC2)n1. The molecule has 0 radical (unpaired) electrons. The van der Waals surface area contributed by atoms with Gasteiger partial charge in [-0.3, -0.25) is 14.6 Å². The summed E-state index contributed by atoms with van der Waals surface area (Å²) in [5.74, 6) is 0.825. The van der Waals surface area contributed by atoms with Crippen molar-refractivity contribution in [3.63, 3.8) is 0 Å². The topological polar surface area (TPSA) is 61.6 Å². The first kappa shape index (κ1) is 19.1. The van der Waals surface area contributed by atoms with E-state index in [1.807, 2.05) is 12.1 Å². The first-order valence-corrected chi connectivity index (χ1v) is 9.97. The summed E-state index contributed by atoms with van der Waals surface area (Å²) in [6.45, 7) is 12.1. The molecule has 26 heavy (non-hydrogen) atoms. The Morgan fingerprint density at radius 2 is 2.00 bits per heavy atom. The van der Waals surface area contributed by atoms with E-state index in [1.165, 1.54) is 10.7 Å². The highest BCUT2D eigenvalue weighted by molar-refractivity contribution is 7.09. The highest BCUT2D eigenvalue weighted by atomic mass is 32.1. The Labute approximate surface area is 159 Å². The van der Waals surface area contributed by atoms with E-state index in [2.05, 4.69) is 41.3 Å². The lowest BCUT2D eigenvalue weighted by Gasteiger charge is -2.33. The number of rotatable bonds is 6. The van der Waals surface area contributed by atoms with Gasteiger partial charge >= 0.3 is 0 Å². The first-order chi connectivity index (χ1) is 12.4. The lowest BCUT2D eigenvalue weighted by molar-refractivity contribution is -0.122. The largest absolute Gasteiger partial charge is 0.467 e. The molecule has 1 N–H and O–H groups in total. The van der Waals surface area contributed by atoms with E-state index in [9.17, 15) is 4.79 Å². The summed E-state index contributed by atoms with van der Waals surface area (Å²) in [6.07, 6.45) is 1.62. The number of nitrogens with one attached hydrogen (secondary N) is 1. The zero-order valence-electron chi connectivity index (χ0n) is 15.8. The molecule has 1 saturated heterocycles. The molecule has 0 aliphatic carbocycles. The Bertz CT molecular complexity index is 697. The standard InChI is InChI=1S/C19H28N4O2S/c1-19(2,3)16-14-26-18(21-16)13-23-8-6-22(7-9-23)12-17(24)20-11-15-5-4-10-25-15/h4-5,10,14H,6-9,11-13H2,1-3H3,(H,20,24). The molecule has 0 bridgehead atoms. The molecule has 2 aromatic heterocycles. The highest BCUT2D eigenvalue weighted by Gasteiger charge is 2.21. The maximum Gasteiger partial charge on any atom is 0.234 e. The second kappa shape index (κ2) is 8.33. The van der Waals surface area contributed by atoms with Gasteiger partial charge in [0.2, 0.25) is 5.91 Å². The van der Waals surface area contributed by atoms with Crippen molar-refractivity contribution >= 4 is 17.2 Å². The summed E-state index contributed by atoms with van der Waals surface area (Å²) < 4.78 is 5.23. The molecule has 1 aliphatic heterocycles. The van der Waals surface area contributed by atoms with E-state index in [0.717, 1.165) is 38.5 Å². The van der Waals surface area contributed by atoms with Crippen LogP contribution >= 0.6 is 11.3 Å². The van der Waals surface area contributed by atoms with Gasteiger partial charge in [-0.1, -0.05) is 20.8 Å². The normalized spacial score (nSPS) is 16.7. The fourth-order valence-corrected chi connectivity index (χ4v) is 3.94. The van der Waals surface area contributed by atoms with Gasteiger partial charge < -0.3 is 9.73 Å². The molecule has 0 unspecified atom stereocenters. The zero-order chi connectivity index (χ0) is 18.6. The smallest absolute Gasteiger partial charge is 0.234 e. The average molecular weight is 377 g/mol. The number of furan rings is 1. The molecule has 3 heterocycles. The summed E-state index contributed by atoms with van der Waals surface area (Å²) in [5.41, 5.74) is 1.28. The molecule has 0 aromatic carbocycles. The number of nitrogens with zero attached hydrogens (tertiary/aromatic N) is 3. The molecule has 1 amide bonds. The van der Waals surface area contributed by atoms with Crippen LogP contribution in [0, 0.1) is 0 Å². The number of aromatic nitrogens is 1. The van der Waals surface area contributed by atoms with Crippen molar-refractivity contribution in [1.29, 1.82) is 0 Å². The third-order valence-corrected chi connectivity index (χ3v) is 5.38. The van der Waals surface area contributed by atoms with Crippen molar-refractivity contribution in [2.45, 2.75) is 39.3 Å². The maximum absolute atomic E-state index is 12.1. The molecule has 1 aliphatic rings. The summed E-state index contributed by atoms with van der Waals surface area (Å²) in [7, 11) is 0. The van der Waals surface area contributed by atoms with Gasteiger partial charge in [0.05, 0.1) is 31.6 Å². The van der Waals surface area contributed by atoms with Crippen LogP contribution in [-0.4, -0.2) is 53.4 Å². The summed E-state index contributed by atoms with van der Waals surface area (Å²) >= 11 is 1.75. The monoisotopic (exact) mass is 376 g/mol. The minimum absolute atomic E-state index is 0.0459. The van der Waals surface area contributed by atoms with Crippen molar-refractivity contribution in [1.82, 2.24) is 20.1 Å². The van der Waals surface area contributed by atoms with Gasteiger partial charge in [-0.2, -0.15) is 0 Å². The quantitative estimate of drug-likeness (QED) is 0.839. The number of hydrogen-bond donors (Lipinski definition) is 1. The maximum atomic E-state index is 12.1. The van der Waals surface area contributed by atoms with E-state index in [0.29, 0.717) is 13.1 Å². The van der Waals surface area contributed by atoms with Crippen LogP contribution in [0.3, 0.4) is 0 Å². The number of piperazine rings is 1. The van der Waals surface area contributed by atoms with Gasteiger partial charge in [0.1, 0.15) is 10.8 Å².